The highest BCUT2D eigenvalue weighted by atomic mass is 32.2. The molecule has 8 nitrogen and oxygen atoms in total. The Kier molecular flexibility index (Phi) is 6.83. The summed E-state index contributed by atoms with van der Waals surface area (Å²) >= 11 is 1.54. The lowest BCUT2D eigenvalue weighted by Gasteiger charge is -2.31. The van der Waals surface area contributed by atoms with E-state index in [0.717, 1.165) is 10.4 Å². The van der Waals surface area contributed by atoms with Gasteiger partial charge in [0.1, 0.15) is 5.69 Å². The van der Waals surface area contributed by atoms with E-state index in [1.54, 1.807) is 31.5 Å². The van der Waals surface area contributed by atoms with Gasteiger partial charge in [0.05, 0.1) is 5.92 Å². The van der Waals surface area contributed by atoms with Crippen LogP contribution in [0.2, 0.25) is 0 Å². The van der Waals surface area contributed by atoms with E-state index < -0.39 is 15.9 Å². The predicted molar refractivity (Wildman–Crippen MR) is 122 cm³/mol. The molecule has 0 aromatic carbocycles. The number of aryl methyl sites for hydroxylation is 1. The molecule has 1 fully saturated rings. The molecule has 1 amide bonds. The fourth-order valence-corrected chi connectivity index (χ4v) is 6.07. The topological polar surface area (TPSA) is 105 Å². The van der Waals surface area contributed by atoms with Gasteiger partial charge in [-0.1, -0.05) is 17.3 Å². The number of hydrogen-bond donors (Lipinski definition) is 1. The van der Waals surface area contributed by atoms with E-state index in [4.69, 9.17) is 4.52 Å². The maximum atomic E-state index is 13.5. The highest BCUT2D eigenvalue weighted by molar-refractivity contribution is 7.89. The monoisotopic (exact) mass is 472 g/mol. The SMILES string of the molecule is Cc1noc(/C=C/c2cccs2)c1S(=O)(=O)N1CCCC(C(=O)NCc2cccnc2)C1. The van der Waals surface area contributed by atoms with Crippen LogP contribution in [0.1, 0.15) is 34.7 Å². The van der Waals surface area contributed by atoms with Crippen molar-refractivity contribution in [2.45, 2.75) is 31.2 Å². The molecule has 0 saturated carbocycles. The summed E-state index contributed by atoms with van der Waals surface area (Å²) in [6.07, 6.45) is 8.03. The molecule has 168 valence electrons. The second-order valence-corrected chi connectivity index (χ2v) is 10.4. The number of piperidine rings is 1. The number of amides is 1. The van der Waals surface area contributed by atoms with Crippen molar-refractivity contribution in [3.8, 4) is 0 Å². The summed E-state index contributed by atoms with van der Waals surface area (Å²) < 4.78 is 33.6. The van der Waals surface area contributed by atoms with Crippen LogP contribution < -0.4 is 5.32 Å². The molecule has 1 aliphatic rings. The first-order chi connectivity index (χ1) is 15.4. The Morgan fingerprint density at radius 2 is 2.22 bits per heavy atom. The van der Waals surface area contributed by atoms with Crippen LogP contribution in [0, 0.1) is 12.8 Å². The van der Waals surface area contributed by atoms with Gasteiger partial charge in [0.15, 0.2) is 10.7 Å². The molecule has 1 N–H and O–H groups in total. The van der Waals surface area contributed by atoms with Crippen molar-refractivity contribution in [3.05, 3.63) is 63.9 Å². The Bertz CT molecular complexity index is 1190. The molecule has 10 heteroatoms. The molecule has 4 heterocycles. The van der Waals surface area contributed by atoms with Crippen LogP contribution in [-0.2, 0) is 21.4 Å². The Morgan fingerprint density at radius 1 is 1.34 bits per heavy atom. The molecule has 3 aromatic heterocycles. The normalized spacial score (nSPS) is 17.6. The summed E-state index contributed by atoms with van der Waals surface area (Å²) in [4.78, 5) is 17.8. The van der Waals surface area contributed by atoms with Gasteiger partial charge in [-0.15, -0.1) is 11.3 Å². The number of rotatable bonds is 7. The van der Waals surface area contributed by atoms with Gasteiger partial charge < -0.3 is 9.84 Å². The summed E-state index contributed by atoms with van der Waals surface area (Å²) in [6.45, 7) is 2.45. The van der Waals surface area contributed by atoms with Gasteiger partial charge >= 0.3 is 0 Å². The Labute approximate surface area is 191 Å². The van der Waals surface area contributed by atoms with Crippen LogP contribution in [0.15, 0.2) is 51.5 Å². The van der Waals surface area contributed by atoms with Crippen molar-refractivity contribution in [2.75, 3.05) is 13.1 Å². The van der Waals surface area contributed by atoms with Crippen LogP contribution >= 0.6 is 11.3 Å². The Balaban J connectivity index is 1.48. The fourth-order valence-electron chi connectivity index (χ4n) is 3.68. The molecule has 0 spiro atoms. The molecule has 0 aliphatic carbocycles. The molecule has 1 aliphatic heterocycles. The number of nitrogens with zero attached hydrogens (tertiary/aromatic N) is 3. The number of carbonyl (C=O) groups is 1. The number of thiophene rings is 1. The van der Waals surface area contributed by atoms with Crippen LogP contribution in [-0.4, -0.2) is 41.9 Å². The van der Waals surface area contributed by atoms with Crippen LogP contribution in [0.5, 0.6) is 0 Å². The van der Waals surface area contributed by atoms with Crippen LogP contribution in [0.25, 0.3) is 12.2 Å². The van der Waals surface area contributed by atoms with E-state index >= 15 is 0 Å². The molecule has 4 rings (SSSR count). The van der Waals surface area contributed by atoms with E-state index in [0.29, 0.717) is 31.6 Å². The lowest BCUT2D eigenvalue weighted by molar-refractivity contribution is -0.126. The predicted octanol–water partition coefficient (Wildman–Crippen LogP) is 3.33. The van der Waals surface area contributed by atoms with E-state index in [1.807, 2.05) is 29.6 Å². The average Bonchev–Trinajstić information content (AvgIpc) is 3.46. The molecule has 3 aromatic rings. The summed E-state index contributed by atoms with van der Waals surface area (Å²) in [5.41, 5.74) is 1.20. The van der Waals surface area contributed by atoms with Gasteiger partial charge in [-0.3, -0.25) is 9.78 Å². The molecule has 1 saturated heterocycles. The van der Waals surface area contributed by atoms with Crippen LogP contribution in [0.3, 0.4) is 0 Å². The zero-order valence-electron chi connectivity index (χ0n) is 17.6. The summed E-state index contributed by atoms with van der Waals surface area (Å²) in [5, 5.41) is 8.71. The summed E-state index contributed by atoms with van der Waals surface area (Å²) in [6, 6.07) is 7.53. The number of sulfonamides is 1. The maximum absolute atomic E-state index is 13.5. The zero-order valence-corrected chi connectivity index (χ0v) is 19.2. The quantitative estimate of drug-likeness (QED) is 0.565. The maximum Gasteiger partial charge on any atom is 0.248 e. The summed E-state index contributed by atoms with van der Waals surface area (Å²) in [5.74, 6) is -0.381. The van der Waals surface area contributed by atoms with E-state index in [1.165, 1.54) is 15.6 Å². The van der Waals surface area contributed by atoms with Crippen molar-refractivity contribution < 1.29 is 17.7 Å². The number of aromatic nitrogens is 2. The third kappa shape index (κ3) is 4.98. The van der Waals surface area contributed by atoms with Crippen molar-refractivity contribution in [1.82, 2.24) is 19.8 Å². The van der Waals surface area contributed by atoms with Gasteiger partial charge in [-0.05, 0) is 55.0 Å². The number of carbonyl (C=O) groups excluding carboxylic acids is 1. The average molecular weight is 473 g/mol. The second-order valence-electron chi connectivity index (χ2n) is 7.59. The molecule has 32 heavy (non-hydrogen) atoms. The highest BCUT2D eigenvalue weighted by Gasteiger charge is 2.36. The van der Waals surface area contributed by atoms with E-state index in [2.05, 4.69) is 15.5 Å². The fraction of sp³-hybridized carbons (Fsp3) is 0.318. The summed E-state index contributed by atoms with van der Waals surface area (Å²) in [7, 11) is -3.87. The first-order valence-corrected chi connectivity index (χ1v) is 12.6. The first-order valence-electron chi connectivity index (χ1n) is 10.3. The smallest absolute Gasteiger partial charge is 0.248 e. The highest BCUT2D eigenvalue weighted by Crippen LogP contribution is 2.29. The van der Waals surface area contributed by atoms with Gasteiger partial charge in [-0.25, -0.2) is 8.42 Å². The van der Waals surface area contributed by atoms with E-state index in [9.17, 15) is 13.2 Å². The third-order valence-electron chi connectivity index (χ3n) is 5.32. The number of nitrogens with one attached hydrogen (secondary N) is 1. The molecule has 1 unspecified atom stereocenters. The van der Waals surface area contributed by atoms with Crippen LogP contribution in [0.4, 0.5) is 0 Å². The lowest BCUT2D eigenvalue weighted by atomic mass is 9.99. The zero-order chi connectivity index (χ0) is 22.6. The van der Waals surface area contributed by atoms with Gasteiger partial charge in [-0.2, -0.15) is 4.31 Å². The van der Waals surface area contributed by atoms with Gasteiger partial charge in [0.2, 0.25) is 15.9 Å². The molecule has 1 atom stereocenters. The lowest BCUT2D eigenvalue weighted by Crippen LogP contribution is -2.45. The second kappa shape index (κ2) is 9.76. The number of hydrogen-bond acceptors (Lipinski definition) is 7. The minimum absolute atomic E-state index is 0.0572. The van der Waals surface area contributed by atoms with E-state index in [-0.39, 0.29) is 23.1 Å². The molecule has 0 bridgehead atoms. The van der Waals surface area contributed by atoms with Gasteiger partial charge in [0.25, 0.3) is 0 Å². The third-order valence-corrected chi connectivity index (χ3v) is 8.18. The van der Waals surface area contributed by atoms with Crippen molar-refractivity contribution in [2.24, 2.45) is 5.92 Å². The minimum atomic E-state index is -3.87. The Morgan fingerprint density at radius 3 is 2.97 bits per heavy atom. The van der Waals surface area contributed by atoms with Crippen molar-refractivity contribution in [3.63, 3.8) is 0 Å². The standard InChI is InChI=1S/C22H24N4O4S2/c1-16-21(20(30-25-16)9-8-19-7-4-12-31-19)32(28,29)26-11-3-6-18(15-26)22(27)24-14-17-5-2-10-23-13-17/h2,4-5,7-10,12-13,18H,3,6,11,14-15H2,1H3,(H,24,27)/b9-8+. The molecular formula is C22H24N4O4S2. The first kappa shape index (κ1) is 22.4. The molecule has 0 radical (unpaired) electrons. The van der Waals surface area contributed by atoms with Crippen molar-refractivity contribution >= 4 is 39.4 Å². The largest absolute Gasteiger partial charge is 0.355 e. The molecular weight excluding hydrogens is 448 g/mol. The number of pyridine rings is 1. The minimum Gasteiger partial charge on any atom is -0.355 e. The van der Waals surface area contributed by atoms with Gasteiger partial charge in [0, 0.05) is 36.9 Å². The van der Waals surface area contributed by atoms with Crippen molar-refractivity contribution in [1.29, 1.82) is 0 Å². The Hall–Kier alpha value is -2.82.